The first-order valence-corrected chi connectivity index (χ1v) is 9.63. The van der Waals surface area contributed by atoms with Crippen LogP contribution >= 0.6 is 24.0 Å². The summed E-state index contributed by atoms with van der Waals surface area (Å²) in [5, 5.41) is 11.4. The lowest BCUT2D eigenvalue weighted by atomic mass is 9.91. The Morgan fingerprint density at radius 1 is 0.966 bits per heavy atom. The minimum atomic E-state index is 0. The van der Waals surface area contributed by atoms with Gasteiger partial charge in [0.25, 0.3) is 0 Å². The maximum atomic E-state index is 4.48. The molecule has 0 aliphatic rings. The maximum Gasteiger partial charge on any atom is 0.191 e. The maximum absolute atomic E-state index is 4.48. The Morgan fingerprint density at radius 2 is 1.52 bits per heavy atom. The number of aryl methyl sites for hydroxylation is 2. The van der Waals surface area contributed by atoms with Crippen molar-refractivity contribution in [3.8, 4) is 0 Å². The second kappa shape index (κ2) is 11.0. The van der Waals surface area contributed by atoms with Crippen molar-refractivity contribution in [3.63, 3.8) is 0 Å². The summed E-state index contributed by atoms with van der Waals surface area (Å²) >= 11 is 0. The van der Waals surface area contributed by atoms with Gasteiger partial charge in [-0.2, -0.15) is 5.10 Å². The molecule has 0 amide bonds. The topological polar surface area (TPSA) is 54.2 Å². The number of guanidine groups is 1. The van der Waals surface area contributed by atoms with E-state index in [4.69, 9.17) is 0 Å². The van der Waals surface area contributed by atoms with E-state index in [-0.39, 0.29) is 29.9 Å². The van der Waals surface area contributed by atoms with Gasteiger partial charge in [-0.3, -0.25) is 9.67 Å². The van der Waals surface area contributed by atoms with E-state index >= 15 is 0 Å². The average molecular weight is 503 g/mol. The van der Waals surface area contributed by atoms with Crippen molar-refractivity contribution in [2.75, 3.05) is 13.6 Å². The Hall–Kier alpha value is -2.35. The second-order valence-electron chi connectivity index (χ2n) is 6.95. The highest BCUT2D eigenvalue weighted by Crippen LogP contribution is 2.23. The van der Waals surface area contributed by atoms with Gasteiger partial charge in [0.05, 0.1) is 5.69 Å². The molecule has 2 N–H and O–H groups in total. The zero-order valence-electron chi connectivity index (χ0n) is 17.5. The van der Waals surface area contributed by atoms with Crippen molar-refractivity contribution >= 4 is 29.9 Å². The Bertz CT molecular complexity index is 880. The predicted molar refractivity (Wildman–Crippen MR) is 131 cm³/mol. The molecule has 29 heavy (non-hydrogen) atoms. The van der Waals surface area contributed by atoms with Crippen LogP contribution in [0, 0.1) is 13.8 Å². The van der Waals surface area contributed by atoms with E-state index in [1.807, 2.05) is 18.7 Å². The van der Waals surface area contributed by atoms with Crippen LogP contribution in [0.2, 0.25) is 0 Å². The van der Waals surface area contributed by atoms with Crippen LogP contribution in [0.4, 0.5) is 0 Å². The minimum Gasteiger partial charge on any atom is -0.355 e. The fraction of sp³-hybridized carbons (Fsp3) is 0.304. The molecule has 3 aromatic rings. The molecule has 0 fully saturated rings. The Labute approximate surface area is 190 Å². The summed E-state index contributed by atoms with van der Waals surface area (Å²) in [6.07, 6.45) is 0. The van der Waals surface area contributed by atoms with Crippen LogP contribution in [0.25, 0.3) is 0 Å². The number of hydrogen-bond acceptors (Lipinski definition) is 2. The average Bonchev–Trinajstić information content (AvgIpc) is 2.97. The van der Waals surface area contributed by atoms with Crippen LogP contribution in [-0.4, -0.2) is 29.3 Å². The van der Waals surface area contributed by atoms with Crippen LogP contribution in [0.1, 0.15) is 34.0 Å². The van der Waals surface area contributed by atoms with Gasteiger partial charge in [0.15, 0.2) is 5.96 Å². The van der Waals surface area contributed by atoms with Gasteiger partial charge in [-0.25, -0.2) is 0 Å². The lowest BCUT2D eigenvalue weighted by Gasteiger charge is -2.20. The molecule has 0 aliphatic heterocycles. The van der Waals surface area contributed by atoms with Gasteiger partial charge in [-0.05, 0) is 25.0 Å². The van der Waals surface area contributed by atoms with Crippen molar-refractivity contribution in [1.82, 2.24) is 20.4 Å². The van der Waals surface area contributed by atoms with E-state index in [9.17, 15) is 0 Å². The zero-order valence-corrected chi connectivity index (χ0v) is 19.8. The smallest absolute Gasteiger partial charge is 0.191 e. The van der Waals surface area contributed by atoms with Crippen LogP contribution in [0.15, 0.2) is 65.7 Å². The predicted octanol–water partition coefficient (Wildman–Crippen LogP) is 4.15. The van der Waals surface area contributed by atoms with Gasteiger partial charge >= 0.3 is 0 Å². The number of aromatic nitrogens is 2. The molecule has 0 saturated heterocycles. The molecule has 1 aromatic heterocycles. The van der Waals surface area contributed by atoms with Crippen molar-refractivity contribution in [2.24, 2.45) is 12.0 Å². The van der Waals surface area contributed by atoms with Crippen LogP contribution in [0.5, 0.6) is 0 Å². The Kier molecular flexibility index (Phi) is 8.70. The molecule has 154 valence electrons. The first kappa shape index (κ1) is 22.9. The number of benzene rings is 2. The molecule has 0 aliphatic carbocycles. The van der Waals surface area contributed by atoms with Gasteiger partial charge in [0.1, 0.15) is 0 Å². The van der Waals surface area contributed by atoms with Crippen molar-refractivity contribution in [3.05, 3.63) is 88.7 Å². The monoisotopic (exact) mass is 503 g/mol. The van der Waals surface area contributed by atoms with Crippen molar-refractivity contribution in [1.29, 1.82) is 0 Å². The lowest BCUT2D eigenvalue weighted by Crippen LogP contribution is -2.39. The highest BCUT2D eigenvalue weighted by Gasteiger charge is 2.15. The molecule has 0 bridgehead atoms. The number of halogens is 1. The van der Waals surface area contributed by atoms with Gasteiger partial charge in [-0.15, -0.1) is 24.0 Å². The molecule has 6 heteroatoms. The number of hydrogen-bond donors (Lipinski definition) is 2. The molecule has 0 atom stereocenters. The van der Waals surface area contributed by atoms with Gasteiger partial charge in [0, 0.05) is 44.4 Å². The highest BCUT2D eigenvalue weighted by molar-refractivity contribution is 14.0. The largest absolute Gasteiger partial charge is 0.355 e. The van der Waals surface area contributed by atoms with E-state index in [0.29, 0.717) is 6.54 Å². The van der Waals surface area contributed by atoms with E-state index < -0.39 is 0 Å². The number of nitrogens with zero attached hydrogens (tertiary/aromatic N) is 3. The molecule has 5 nitrogen and oxygen atoms in total. The molecule has 0 saturated carbocycles. The Morgan fingerprint density at radius 3 is 1.97 bits per heavy atom. The third kappa shape index (κ3) is 5.82. The van der Waals surface area contributed by atoms with E-state index in [0.717, 1.165) is 18.2 Å². The Balaban J connectivity index is 0.00000300. The normalized spacial score (nSPS) is 11.3. The van der Waals surface area contributed by atoms with E-state index in [2.05, 4.69) is 88.3 Å². The van der Waals surface area contributed by atoms with Gasteiger partial charge in [0.2, 0.25) is 0 Å². The SMILES string of the molecule is CN=C(NCc1c(C)nn(C)c1C)NCC(c1ccccc1)c1ccccc1.I. The molecule has 0 spiro atoms. The molecule has 0 radical (unpaired) electrons. The fourth-order valence-corrected chi connectivity index (χ4v) is 3.46. The summed E-state index contributed by atoms with van der Waals surface area (Å²) in [5.41, 5.74) is 6.01. The number of nitrogens with one attached hydrogen (secondary N) is 2. The first-order valence-electron chi connectivity index (χ1n) is 9.63. The summed E-state index contributed by atoms with van der Waals surface area (Å²) in [7, 11) is 3.78. The molecule has 1 heterocycles. The van der Waals surface area contributed by atoms with Gasteiger partial charge in [-0.1, -0.05) is 60.7 Å². The highest BCUT2D eigenvalue weighted by atomic mass is 127. The standard InChI is InChI=1S/C23H29N5.HI/c1-17-21(18(2)28(4)27-17)15-25-23(24-3)26-16-22(19-11-7-5-8-12-19)20-13-9-6-10-14-20;/h5-14,22H,15-16H2,1-4H3,(H2,24,25,26);1H. The molecular formula is C23H30IN5. The number of aliphatic imine (C=N–C) groups is 1. The molecule has 2 aromatic carbocycles. The third-order valence-electron chi connectivity index (χ3n) is 5.19. The van der Waals surface area contributed by atoms with E-state index in [1.165, 1.54) is 22.4 Å². The summed E-state index contributed by atoms with van der Waals surface area (Å²) in [6, 6.07) is 21.2. The van der Waals surface area contributed by atoms with E-state index in [1.54, 1.807) is 7.05 Å². The zero-order chi connectivity index (χ0) is 19.9. The molecular weight excluding hydrogens is 473 g/mol. The lowest BCUT2D eigenvalue weighted by molar-refractivity contribution is 0.721. The molecule has 0 unspecified atom stereocenters. The first-order chi connectivity index (χ1) is 13.6. The minimum absolute atomic E-state index is 0. The van der Waals surface area contributed by atoms with Crippen molar-refractivity contribution in [2.45, 2.75) is 26.3 Å². The van der Waals surface area contributed by atoms with Crippen LogP contribution in [-0.2, 0) is 13.6 Å². The quantitative estimate of drug-likeness (QED) is 0.302. The van der Waals surface area contributed by atoms with Crippen LogP contribution in [0.3, 0.4) is 0 Å². The number of rotatable bonds is 6. The van der Waals surface area contributed by atoms with Crippen molar-refractivity contribution < 1.29 is 0 Å². The van der Waals surface area contributed by atoms with Crippen LogP contribution < -0.4 is 10.6 Å². The second-order valence-corrected chi connectivity index (χ2v) is 6.95. The summed E-state index contributed by atoms with van der Waals surface area (Å²) in [5.74, 6) is 1.04. The molecule has 3 rings (SSSR count). The third-order valence-corrected chi connectivity index (χ3v) is 5.19. The summed E-state index contributed by atoms with van der Waals surface area (Å²) in [4.78, 5) is 4.40. The summed E-state index contributed by atoms with van der Waals surface area (Å²) < 4.78 is 1.92. The van der Waals surface area contributed by atoms with Gasteiger partial charge < -0.3 is 10.6 Å². The fourth-order valence-electron chi connectivity index (χ4n) is 3.46. The summed E-state index contributed by atoms with van der Waals surface area (Å²) in [6.45, 7) is 5.60.